The van der Waals surface area contributed by atoms with E-state index < -0.39 is 0 Å². The molecule has 0 aliphatic carbocycles. The molecule has 23 heavy (non-hydrogen) atoms. The topological polar surface area (TPSA) is 50.4 Å². The Bertz CT molecular complexity index is 684. The highest BCUT2D eigenvalue weighted by atomic mass is 79.9. The zero-order valence-corrected chi connectivity index (χ0v) is 14.5. The van der Waals surface area contributed by atoms with Gasteiger partial charge in [-0.2, -0.15) is 0 Å². The molecule has 2 aromatic carbocycles. The fourth-order valence-corrected chi connectivity index (χ4v) is 2.25. The Morgan fingerprint density at radius 2 is 1.87 bits per heavy atom. The van der Waals surface area contributed by atoms with Gasteiger partial charge in [-0.1, -0.05) is 18.7 Å². The molecule has 0 atom stereocenters. The first kappa shape index (κ1) is 17.1. The summed E-state index contributed by atoms with van der Waals surface area (Å²) in [5.74, 6) is 0.633. The Morgan fingerprint density at radius 3 is 2.52 bits per heavy atom. The third kappa shape index (κ3) is 5.79. The Hall–Kier alpha value is -2.27. The zero-order valence-electron chi connectivity index (χ0n) is 12.9. The normalized spacial score (nSPS) is 10.0. The van der Waals surface area contributed by atoms with Crippen LogP contribution in [0.15, 0.2) is 65.2 Å². The van der Waals surface area contributed by atoms with Crippen molar-refractivity contribution in [3.8, 4) is 5.75 Å². The first-order valence-corrected chi connectivity index (χ1v) is 7.99. The van der Waals surface area contributed by atoms with E-state index in [1.165, 1.54) is 0 Å². The summed E-state index contributed by atoms with van der Waals surface area (Å²) in [7, 11) is 0. The van der Waals surface area contributed by atoms with Gasteiger partial charge in [-0.05, 0) is 64.8 Å². The van der Waals surface area contributed by atoms with Crippen LogP contribution in [0, 0.1) is 0 Å². The number of ether oxygens (including phenoxy) is 1. The Labute approximate surface area is 144 Å². The molecule has 1 amide bonds. The lowest BCUT2D eigenvalue weighted by molar-refractivity contribution is -0.114. The number of halogens is 1. The Kier molecular flexibility index (Phi) is 6.23. The number of hydrogen-bond acceptors (Lipinski definition) is 3. The second-order valence-electron chi connectivity index (χ2n) is 5.15. The molecule has 4 nitrogen and oxygen atoms in total. The molecule has 2 aromatic rings. The van der Waals surface area contributed by atoms with Gasteiger partial charge in [-0.3, -0.25) is 4.79 Å². The standard InChI is InChI=1S/C18H19BrN2O2/c1-13(2)12-23-15-9-7-14(8-10-15)21-18(22)11-20-17-6-4-3-5-16(17)19/h3-10,20H,1,11-12H2,2H3,(H,21,22). The SMILES string of the molecule is C=C(C)COc1ccc(NC(=O)CNc2ccccc2Br)cc1. The van der Waals surface area contributed by atoms with Crippen molar-refractivity contribution in [1.82, 2.24) is 0 Å². The van der Waals surface area contributed by atoms with Crippen molar-refractivity contribution in [1.29, 1.82) is 0 Å². The monoisotopic (exact) mass is 374 g/mol. The van der Waals surface area contributed by atoms with Gasteiger partial charge < -0.3 is 15.4 Å². The minimum Gasteiger partial charge on any atom is -0.489 e. The van der Waals surface area contributed by atoms with Crippen molar-refractivity contribution in [2.75, 3.05) is 23.8 Å². The van der Waals surface area contributed by atoms with Gasteiger partial charge in [0, 0.05) is 15.8 Å². The van der Waals surface area contributed by atoms with E-state index in [4.69, 9.17) is 4.74 Å². The van der Waals surface area contributed by atoms with Crippen LogP contribution >= 0.6 is 15.9 Å². The number of para-hydroxylation sites is 1. The molecule has 0 aromatic heterocycles. The van der Waals surface area contributed by atoms with Crippen molar-refractivity contribution in [3.05, 3.63) is 65.2 Å². The van der Waals surface area contributed by atoms with Gasteiger partial charge in [0.2, 0.25) is 5.91 Å². The lowest BCUT2D eigenvalue weighted by atomic mass is 10.3. The summed E-state index contributed by atoms with van der Waals surface area (Å²) in [6, 6.07) is 14.9. The fraction of sp³-hybridized carbons (Fsp3) is 0.167. The van der Waals surface area contributed by atoms with E-state index in [1.54, 1.807) is 0 Å². The number of nitrogens with one attached hydrogen (secondary N) is 2. The molecular formula is C18H19BrN2O2. The van der Waals surface area contributed by atoms with E-state index >= 15 is 0 Å². The van der Waals surface area contributed by atoms with Gasteiger partial charge in [-0.25, -0.2) is 0 Å². The van der Waals surface area contributed by atoms with Crippen molar-refractivity contribution < 1.29 is 9.53 Å². The van der Waals surface area contributed by atoms with E-state index in [0.717, 1.165) is 27.2 Å². The molecule has 120 valence electrons. The van der Waals surface area contributed by atoms with E-state index in [-0.39, 0.29) is 12.5 Å². The highest BCUT2D eigenvalue weighted by Crippen LogP contribution is 2.21. The minimum atomic E-state index is -0.114. The molecule has 0 aliphatic heterocycles. The first-order valence-electron chi connectivity index (χ1n) is 7.20. The number of carbonyl (C=O) groups is 1. The van der Waals surface area contributed by atoms with Crippen LogP contribution in [0.3, 0.4) is 0 Å². The smallest absolute Gasteiger partial charge is 0.243 e. The first-order chi connectivity index (χ1) is 11.0. The number of carbonyl (C=O) groups excluding carboxylic acids is 1. The summed E-state index contributed by atoms with van der Waals surface area (Å²) in [5.41, 5.74) is 2.57. The van der Waals surface area contributed by atoms with Crippen LogP contribution in [0.5, 0.6) is 5.75 Å². The van der Waals surface area contributed by atoms with Crippen LogP contribution in [0.2, 0.25) is 0 Å². The number of rotatable bonds is 7. The summed E-state index contributed by atoms with van der Waals surface area (Å²) in [4.78, 5) is 12.0. The number of amides is 1. The van der Waals surface area contributed by atoms with Crippen LogP contribution in [-0.4, -0.2) is 19.1 Å². The lowest BCUT2D eigenvalue weighted by Gasteiger charge is -2.10. The Morgan fingerprint density at radius 1 is 1.17 bits per heavy atom. The average molecular weight is 375 g/mol. The quantitative estimate of drug-likeness (QED) is 0.703. The van der Waals surface area contributed by atoms with Crippen LogP contribution in [0.25, 0.3) is 0 Å². The van der Waals surface area contributed by atoms with Crippen LogP contribution in [0.4, 0.5) is 11.4 Å². The highest BCUT2D eigenvalue weighted by Gasteiger charge is 2.04. The van der Waals surface area contributed by atoms with Crippen LogP contribution in [0.1, 0.15) is 6.92 Å². The van der Waals surface area contributed by atoms with E-state index in [2.05, 4.69) is 33.1 Å². The molecule has 0 saturated heterocycles. The van der Waals surface area contributed by atoms with Gasteiger partial charge in [0.1, 0.15) is 12.4 Å². The number of benzene rings is 2. The predicted molar refractivity (Wildman–Crippen MR) is 98.0 cm³/mol. The van der Waals surface area contributed by atoms with Gasteiger partial charge in [0.15, 0.2) is 0 Å². The molecule has 0 unspecified atom stereocenters. The van der Waals surface area contributed by atoms with Crippen LogP contribution < -0.4 is 15.4 Å². The zero-order chi connectivity index (χ0) is 16.7. The molecule has 0 fully saturated rings. The molecule has 0 radical (unpaired) electrons. The van der Waals surface area contributed by atoms with Gasteiger partial charge in [-0.15, -0.1) is 0 Å². The Balaban J connectivity index is 1.83. The van der Waals surface area contributed by atoms with E-state index in [1.807, 2.05) is 55.5 Å². The third-order valence-electron chi connectivity index (χ3n) is 2.94. The summed E-state index contributed by atoms with van der Waals surface area (Å²) in [6.07, 6.45) is 0. The summed E-state index contributed by atoms with van der Waals surface area (Å²) in [5, 5.41) is 5.92. The van der Waals surface area contributed by atoms with E-state index in [0.29, 0.717) is 6.61 Å². The largest absolute Gasteiger partial charge is 0.489 e. The maximum absolute atomic E-state index is 12.0. The summed E-state index contributed by atoms with van der Waals surface area (Å²) < 4.78 is 6.44. The van der Waals surface area contributed by atoms with Crippen molar-refractivity contribution in [3.63, 3.8) is 0 Å². The maximum atomic E-state index is 12.0. The molecule has 0 saturated carbocycles. The molecule has 0 spiro atoms. The third-order valence-corrected chi connectivity index (χ3v) is 3.63. The molecule has 2 N–H and O–H groups in total. The van der Waals surface area contributed by atoms with Crippen LogP contribution in [-0.2, 0) is 4.79 Å². The second-order valence-corrected chi connectivity index (χ2v) is 6.01. The fourth-order valence-electron chi connectivity index (χ4n) is 1.83. The summed E-state index contributed by atoms with van der Waals surface area (Å²) >= 11 is 3.43. The molecule has 0 bridgehead atoms. The molecule has 0 aliphatic rings. The van der Waals surface area contributed by atoms with Crippen molar-refractivity contribution >= 4 is 33.2 Å². The number of hydrogen-bond donors (Lipinski definition) is 2. The van der Waals surface area contributed by atoms with Crippen molar-refractivity contribution in [2.24, 2.45) is 0 Å². The van der Waals surface area contributed by atoms with Gasteiger partial charge in [0.05, 0.1) is 6.54 Å². The number of anilines is 2. The highest BCUT2D eigenvalue weighted by molar-refractivity contribution is 9.10. The summed E-state index contributed by atoms with van der Waals surface area (Å²) in [6.45, 7) is 6.37. The van der Waals surface area contributed by atoms with Gasteiger partial charge in [0.25, 0.3) is 0 Å². The molecule has 5 heteroatoms. The second kappa shape index (κ2) is 8.39. The minimum absolute atomic E-state index is 0.114. The molecular weight excluding hydrogens is 356 g/mol. The van der Waals surface area contributed by atoms with E-state index in [9.17, 15) is 4.79 Å². The van der Waals surface area contributed by atoms with Gasteiger partial charge >= 0.3 is 0 Å². The average Bonchev–Trinajstić information content (AvgIpc) is 2.53. The maximum Gasteiger partial charge on any atom is 0.243 e. The molecule has 2 rings (SSSR count). The van der Waals surface area contributed by atoms with Crippen molar-refractivity contribution in [2.45, 2.75) is 6.92 Å². The lowest BCUT2D eigenvalue weighted by Crippen LogP contribution is -2.21. The predicted octanol–water partition coefficient (Wildman–Crippen LogP) is 4.45. The molecule has 0 heterocycles.